The second-order valence-corrected chi connectivity index (χ2v) is 9.40. The minimum atomic E-state index is -4.18. The molecule has 0 bridgehead atoms. The summed E-state index contributed by atoms with van der Waals surface area (Å²) < 4.78 is 57.7. The number of pyridine rings is 1. The smallest absolute Gasteiger partial charge is 0.331 e. The molecule has 5 rings (SSSR count). The van der Waals surface area contributed by atoms with Crippen molar-refractivity contribution < 1.29 is 17.6 Å². The van der Waals surface area contributed by atoms with Crippen LogP contribution in [0.15, 0.2) is 36.7 Å². The highest BCUT2D eigenvalue weighted by atomic mass is 19.4. The van der Waals surface area contributed by atoms with Gasteiger partial charge in [-0.25, -0.2) is 9.37 Å². The van der Waals surface area contributed by atoms with Gasteiger partial charge in [-0.2, -0.15) is 13.2 Å². The van der Waals surface area contributed by atoms with E-state index in [1.165, 1.54) is 0 Å². The van der Waals surface area contributed by atoms with Crippen molar-refractivity contribution in [2.45, 2.75) is 44.5 Å². The molecule has 1 aliphatic heterocycles. The molecule has 3 heterocycles. The van der Waals surface area contributed by atoms with Gasteiger partial charge in [0, 0.05) is 43.8 Å². The molecule has 3 aromatic rings. The van der Waals surface area contributed by atoms with Gasteiger partial charge < -0.3 is 9.47 Å². The van der Waals surface area contributed by atoms with Gasteiger partial charge in [-0.3, -0.25) is 4.98 Å². The summed E-state index contributed by atoms with van der Waals surface area (Å²) in [6, 6.07) is 7.76. The van der Waals surface area contributed by atoms with E-state index in [0.717, 1.165) is 27.9 Å². The Balaban J connectivity index is 1.36. The molecule has 170 valence electrons. The van der Waals surface area contributed by atoms with Crippen LogP contribution < -0.4 is 0 Å². The summed E-state index contributed by atoms with van der Waals surface area (Å²) in [5.74, 6) is 0.906. The molecule has 32 heavy (non-hydrogen) atoms. The lowest BCUT2D eigenvalue weighted by molar-refractivity contribution is -0.193. The summed E-state index contributed by atoms with van der Waals surface area (Å²) in [5.41, 5.74) is -0.879. The van der Waals surface area contributed by atoms with E-state index in [-0.39, 0.29) is 32.2 Å². The largest absolute Gasteiger partial charge is 0.395 e. The van der Waals surface area contributed by atoms with Gasteiger partial charge in [0.25, 0.3) is 0 Å². The topological polar surface area (TPSA) is 34.0 Å². The van der Waals surface area contributed by atoms with Crippen LogP contribution in [0.3, 0.4) is 0 Å². The molecule has 2 aliphatic rings. The number of likely N-dealkylation sites (tertiary alicyclic amines) is 1. The van der Waals surface area contributed by atoms with E-state index in [2.05, 4.69) is 9.97 Å². The SMILES string of the molecule is Cc1ncc(-c2ccc3cnc(C4(F)CCN(CC5(C(F)(F)F)CC5)CC4)cc3c2)n1C. The molecule has 1 aliphatic carbocycles. The Hall–Kier alpha value is -2.48. The Morgan fingerprint density at radius 1 is 0.969 bits per heavy atom. The molecule has 1 saturated carbocycles. The second kappa shape index (κ2) is 7.27. The van der Waals surface area contributed by atoms with E-state index in [1.807, 2.05) is 42.9 Å². The van der Waals surface area contributed by atoms with E-state index >= 15 is 4.39 Å². The molecule has 2 fully saturated rings. The number of aromatic nitrogens is 3. The minimum absolute atomic E-state index is 0.0226. The van der Waals surface area contributed by atoms with Gasteiger partial charge in [-0.15, -0.1) is 0 Å². The number of hydrogen-bond donors (Lipinski definition) is 0. The van der Waals surface area contributed by atoms with Crippen molar-refractivity contribution in [2.75, 3.05) is 19.6 Å². The molecule has 0 N–H and O–H groups in total. The van der Waals surface area contributed by atoms with Gasteiger partial charge in [-0.05, 0) is 50.1 Å². The van der Waals surface area contributed by atoms with Crippen LogP contribution in [0.25, 0.3) is 22.0 Å². The molecule has 8 heteroatoms. The molecule has 0 amide bonds. The zero-order chi connectivity index (χ0) is 22.7. The number of fused-ring (bicyclic) bond motifs is 1. The molecular formula is C24H26F4N4. The lowest BCUT2D eigenvalue weighted by atomic mass is 9.88. The van der Waals surface area contributed by atoms with E-state index < -0.39 is 17.3 Å². The Kier molecular flexibility index (Phi) is 4.85. The Labute approximate surface area is 184 Å². The van der Waals surface area contributed by atoms with Crippen molar-refractivity contribution in [3.63, 3.8) is 0 Å². The van der Waals surface area contributed by atoms with Crippen molar-refractivity contribution >= 4 is 10.8 Å². The second-order valence-electron chi connectivity index (χ2n) is 9.40. The lowest BCUT2D eigenvalue weighted by Gasteiger charge is -2.38. The van der Waals surface area contributed by atoms with Crippen LogP contribution in [0.1, 0.15) is 37.2 Å². The van der Waals surface area contributed by atoms with Crippen LogP contribution in [0.2, 0.25) is 0 Å². The number of hydrogen-bond acceptors (Lipinski definition) is 3. The first-order valence-corrected chi connectivity index (χ1v) is 11.0. The van der Waals surface area contributed by atoms with Gasteiger partial charge in [0.1, 0.15) is 5.82 Å². The number of imidazole rings is 1. The van der Waals surface area contributed by atoms with E-state index in [9.17, 15) is 13.2 Å². The fourth-order valence-electron chi connectivity index (χ4n) is 4.75. The number of halogens is 4. The minimum Gasteiger partial charge on any atom is -0.331 e. The van der Waals surface area contributed by atoms with Crippen molar-refractivity contribution in [3.8, 4) is 11.3 Å². The van der Waals surface area contributed by atoms with Crippen molar-refractivity contribution in [2.24, 2.45) is 12.5 Å². The summed E-state index contributed by atoms with van der Waals surface area (Å²) in [4.78, 5) is 10.5. The molecule has 2 aromatic heterocycles. The maximum absolute atomic E-state index is 15.9. The van der Waals surface area contributed by atoms with Crippen LogP contribution in [0, 0.1) is 12.3 Å². The third-order valence-corrected chi connectivity index (χ3v) is 7.33. The monoisotopic (exact) mass is 446 g/mol. The van der Waals surface area contributed by atoms with E-state index in [1.54, 1.807) is 17.2 Å². The van der Waals surface area contributed by atoms with Crippen molar-refractivity contribution in [3.05, 3.63) is 48.2 Å². The summed E-state index contributed by atoms with van der Waals surface area (Å²) >= 11 is 0. The van der Waals surface area contributed by atoms with Gasteiger partial charge >= 0.3 is 6.18 Å². The van der Waals surface area contributed by atoms with Gasteiger partial charge in [-0.1, -0.05) is 12.1 Å². The number of benzene rings is 1. The third-order valence-electron chi connectivity index (χ3n) is 7.33. The highest BCUT2D eigenvalue weighted by Gasteiger charge is 2.63. The van der Waals surface area contributed by atoms with E-state index in [4.69, 9.17) is 0 Å². The number of alkyl halides is 4. The van der Waals surface area contributed by atoms with Crippen molar-refractivity contribution in [1.29, 1.82) is 0 Å². The molecule has 0 atom stereocenters. The van der Waals surface area contributed by atoms with Gasteiger partial charge in [0.2, 0.25) is 0 Å². The number of piperidine rings is 1. The molecule has 1 saturated heterocycles. The average molecular weight is 446 g/mol. The zero-order valence-electron chi connectivity index (χ0n) is 18.2. The standard InChI is InChI=1S/C24H26F4N4/c1-16-29-14-20(31(16)2)17-3-4-18-13-30-21(12-19(18)11-17)23(25)7-9-32(10-8-23)15-22(5-6-22)24(26,27)28/h3-4,11-14H,5-10,15H2,1-2H3. The fourth-order valence-corrected chi connectivity index (χ4v) is 4.75. The third kappa shape index (κ3) is 3.58. The quantitative estimate of drug-likeness (QED) is 0.493. The maximum atomic E-state index is 15.9. The Morgan fingerprint density at radius 3 is 2.28 bits per heavy atom. The molecule has 0 radical (unpaired) electrons. The first-order chi connectivity index (χ1) is 15.1. The summed E-state index contributed by atoms with van der Waals surface area (Å²) in [6.45, 7) is 2.53. The molecule has 4 nitrogen and oxygen atoms in total. The zero-order valence-corrected chi connectivity index (χ0v) is 18.2. The average Bonchev–Trinajstić information content (AvgIpc) is 3.48. The highest BCUT2D eigenvalue weighted by Crippen LogP contribution is 2.58. The predicted molar refractivity (Wildman–Crippen MR) is 115 cm³/mol. The molecule has 0 unspecified atom stereocenters. The Bertz CT molecular complexity index is 1150. The number of nitrogens with zero attached hydrogens (tertiary/aromatic N) is 4. The van der Waals surface area contributed by atoms with Gasteiger partial charge in [0.05, 0.1) is 23.0 Å². The van der Waals surface area contributed by atoms with Crippen LogP contribution in [-0.2, 0) is 12.7 Å². The first kappa shape index (κ1) is 21.4. The summed E-state index contributed by atoms with van der Waals surface area (Å²) in [5, 5.41) is 1.80. The van der Waals surface area contributed by atoms with Crippen LogP contribution >= 0.6 is 0 Å². The van der Waals surface area contributed by atoms with E-state index in [0.29, 0.717) is 18.8 Å². The molecule has 0 spiro atoms. The highest BCUT2D eigenvalue weighted by molar-refractivity contribution is 5.86. The van der Waals surface area contributed by atoms with Crippen LogP contribution in [-0.4, -0.2) is 45.2 Å². The lowest BCUT2D eigenvalue weighted by Crippen LogP contribution is -2.45. The summed E-state index contributed by atoms with van der Waals surface area (Å²) in [7, 11) is 1.95. The Morgan fingerprint density at radius 2 is 1.69 bits per heavy atom. The summed E-state index contributed by atoms with van der Waals surface area (Å²) in [6.07, 6.45) is -0.0174. The number of aryl methyl sites for hydroxylation is 1. The van der Waals surface area contributed by atoms with Crippen molar-refractivity contribution in [1.82, 2.24) is 19.4 Å². The van der Waals surface area contributed by atoms with Crippen LogP contribution in [0.5, 0.6) is 0 Å². The number of rotatable bonds is 4. The van der Waals surface area contributed by atoms with Crippen LogP contribution in [0.4, 0.5) is 17.6 Å². The maximum Gasteiger partial charge on any atom is 0.395 e. The normalized spacial score (nSPS) is 20.6. The molecular weight excluding hydrogens is 420 g/mol. The predicted octanol–water partition coefficient (Wildman–Crippen LogP) is 5.55. The fraction of sp³-hybridized carbons (Fsp3) is 0.500. The van der Waals surface area contributed by atoms with Gasteiger partial charge in [0.15, 0.2) is 5.67 Å². The molecule has 1 aromatic carbocycles. The first-order valence-electron chi connectivity index (χ1n) is 11.0.